The third kappa shape index (κ3) is 25.2. The van der Waals surface area contributed by atoms with Crippen LogP contribution in [0.1, 0.15) is 34.6 Å². The van der Waals surface area contributed by atoms with Gasteiger partial charge in [0, 0.05) is 19.8 Å². The molecular weight excluding hydrogens is 247 g/mol. The van der Waals surface area contributed by atoms with Crippen LogP contribution in [0.3, 0.4) is 0 Å². The largest absolute Gasteiger partial charge is 2.00 e. The smallest absolute Gasteiger partial charge is 0.371 e. The van der Waals surface area contributed by atoms with Gasteiger partial charge in [-0.25, -0.2) is 0 Å². The second-order valence-electron chi connectivity index (χ2n) is 1.55. The van der Waals surface area contributed by atoms with E-state index in [2.05, 4.69) is 13.8 Å². The molecule has 0 fully saturated rings. The van der Waals surface area contributed by atoms with E-state index in [9.17, 15) is 0 Å². The van der Waals surface area contributed by atoms with Gasteiger partial charge in [0.1, 0.15) is 0 Å². The Balaban J connectivity index is -0.000000107. The molecule has 2 radical (unpaired) electrons. The summed E-state index contributed by atoms with van der Waals surface area (Å²) in [5, 5.41) is 0. The second kappa shape index (κ2) is 29.3. The molecule has 0 atom stereocenters. The average Bonchev–Trinajstić information content (AvgIpc) is 2.25. The Morgan fingerprint density at radius 3 is 1.07 bits per heavy atom. The van der Waals surface area contributed by atoms with Crippen LogP contribution in [0.4, 0.5) is 0 Å². The van der Waals surface area contributed by atoms with Crippen LogP contribution in [0.2, 0.25) is 0 Å². The number of hydrogen-bond donors (Lipinski definition) is 0. The first-order chi connectivity index (χ1) is 6.85. The average molecular weight is 272 g/mol. The van der Waals surface area contributed by atoms with Gasteiger partial charge in [-0.15, -0.1) is 0 Å². The Morgan fingerprint density at radius 2 is 0.933 bits per heavy atom. The molecule has 0 bridgehead atoms. The molecule has 0 aliphatic rings. The normalized spacial score (nSPS) is 8.00. The van der Waals surface area contributed by atoms with Crippen molar-refractivity contribution in [3.8, 4) is 0 Å². The first-order valence-corrected chi connectivity index (χ1v) is 6.24. The zero-order valence-electron chi connectivity index (χ0n) is 10.7. The van der Waals surface area contributed by atoms with Gasteiger partial charge in [0.05, 0.1) is 0 Å². The van der Waals surface area contributed by atoms with Gasteiger partial charge in [-0.1, -0.05) is 0 Å². The van der Waals surface area contributed by atoms with Gasteiger partial charge in [-0.05, 0) is 20.8 Å². The molecule has 0 rings (SSSR count). The van der Waals surface area contributed by atoms with E-state index < -0.39 is 9.53 Å². The van der Waals surface area contributed by atoms with Crippen molar-refractivity contribution in [3.05, 3.63) is 13.8 Å². The molecule has 0 N–H and O–H groups in total. The molecule has 0 aliphatic carbocycles. The Labute approximate surface area is 110 Å². The summed E-state index contributed by atoms with van der Waals surface area (Å²) in [4.78, 5) is 0. The molecule has 0 saturated carbocycles. The van der Waals surface area contributed by atoms with E-state index in [1.165, 1.54) is 0 Å². The maximum Gasteiger partial charge on any atom is 2.00 e. The quantitative estimate of drug-likeness (QED) is 0.549. The first kappa shape index (κ1) is 24.8. The van der Waals surface area contributed by atoms with E-state index in [1.807, 2.05) is 20.8 Å². The molecule has 0 heterocycles. The topological polar surface area (TPSA) is 27.7 Å². The van der Waals surface area contributed by atoms with Crippen molar-refractivity contribution >= 4 is 9.53 Å². The molecule has 15 heavy (non-hydrogen) atoms. The summed E-state index contributed by atoms with van der Waals surface area (Å²) in [5.41, 5.74) is 0. The Hall–Kier alpha value is 0.681. The van der Waals surface area contributed by atoms with Crippen molar-refractivity contribution in [2.75, 3.05) is 19.8 Å². The predicted molar refractivity (Wildman–Crippen MR) is 62.7 cm³/mol. The summed E-state index contributed by atoms with van der Waals surface area (Å²) >= 11 is 0. The van der Waals surface area contributed by atoms with Crippen LogP contribution in [0.5, 0.6) is 0 Å². The number of rotatable bonds is 6. The van der Waals surface area contributed by atoms with Crippen LogP contribution in [-0.4, -0.2) is 29.3 Å². The minimum absolute atomic E-state index is 0. The molecule has 0 aromatic heterocycles. The molecule has 0 aromatic carbocycles. The molecule has 0 spiro atoms. The van der Waals surface area contributed by atoms with Crippen LogP contribution >= 0.6 is 0 Å². The van der Waals surface area contributed by atoms with Crippen molar-refractivity contribution in [2.24, 2.45) is 0 Å². The van der Waals surface area contributed by atoms with Crippen molar-refractivity contribution in [2.45, 2.75) is 34.6 Å². The SMILES string of the molecule is CCO[Si](OCC)OCC.[CH2-]C.[CH2-]C.[V+2]. The van der Waals surface area contributed by atoms with E-state index in [1.54, 1.807) is 13.8 Å². The van der Waals surface area contributed by atoms with Crippen molar-refractivity contribution in [1.29, 1.82) is 0 Å². The van der Waals surface area contributed by atoms with Crippen LogP contribution in [0.15, 0.2) is 0 Å². The molecule has 0 amide bonds. The van der Waals surface area contributed by atoms with E-state index in [0.29, 0.717) is 19.8 Å². The molecule has 0 aliphatic heterocycles. The summed E-state index contributed by atoms with van der Waals surface area (Å²) in [7, 11) is -1.40. The minimum Gasteiger partial charge on any atom is -0.371 e. The van der Waals surface area contributed by atoms with Crippen LogP contribution in [0, 0.1) is 13.8 Å². The van der Waals surface area contributed by atoms with E-state index in [-0.39, 0.29) is 18.6 Å². The van der Waals surface area contributed by atoms with Gasteiger partial charge in [-0.2, -0.15) is 13.8 Å². The van der Waals surface area contributed by atoms with E-state index in [0.717, 1.165) is 0 Å². The Bertz CT molecular complexity index is 63.4. The molecule has 0 saturated heterocycles. The van der Waals surface area contributed by atoms with Crippen LogP contribution in [-0.2, 0) is 31.8 Å². The van der Waals surface area contributed by atoms with Gasteiger partial charge in [0.15, 0.2) is 0 Å². The molecule has 92 valence electrons. The fourth-order valence-electron chi connectivity index (χ4n) is 0.479. The van der Waals surface area contributed by atoms with Crippen molar-refractivity contribution in [1.82, 2.24) is 0 Å². The van der Waals surface area contributed by atoms with Crippen molar-refractivity contribution in [3.63, 3.8) is 0 Å². The Morgan fingerprint density at radius 1 is 0.733 bits per heavy atom. The van der Waals surface area contributed by atoms with E-state index >= 15 is 0 Å². The van der Waals surface area contributed by atoms with Gasteiger partial charge in [0.2, 0.25) is 0 Å². The second-order valence-corrected chi connectivity index (χ2v) is 2.92. The predicted octanol–water partition coefficient (Wildman–Crippen LogP) is 2.76. The minimum atomic E-state index is -1.40. The van der Waals surface area contributed by atoms with Gasteiger partial charge >= 0.3 is 28.1 Å². The monoisotopic (exact) mass is 272 g/mol. The summed E-state index contributed by atoms with van der Waals surface area (Å²) in [6, 6.07) is 0. The maximum atomic E-state index is 5.18. The third-order valence-corrected chi connectivity index (χ3v) is 2.36. The summed E-state index contributed by atoms with van der Waals surface area (Å²) in [6.45, 7) is 17.8. The maximum absolute atomic E-state index is 5.18. The zero-order chi connectivity index (χ0) is 11.8. The number of hydrogen-bond acceptors (Lipinski definition) is 3. The fourth-order valence-corrected chi connectivity index (χ4v) is 1.44. The third-order valence-electron chi connectivity index (χ3n) is 0.787. The zero-order valence-corrected chi connectivity index (χ0v) is 13.1. The molecule has 0 aromatic rings. The molecule has 5 heteroatoms. The Kier molecular flexibility index (Phi) is 48.4. The van der Waals surface area contributed by atoms with E-state index in [4.69, 9.17) is 13.3 Å². The standard InChI is InChI=1S/C6H15O3Si.2C2H5.V/c1-4-7-10(8-5-2)9-6-3;2*1-2;/h4-6H2,1-3H3;2*1H2,2H3;/q;2*-1;+2. The molecule has 0 unspecified atom stereocenters. The van der Waals surface area contributed by atoms with Crippen molar-refractivity contribution < 1.29 is 31.8 Å². The fraction of sp³-hybridized carbons (Fsp3) is 0.800. The van der Waals surface area contributed by atoms with Crippen LogP contribution < -0.4 is 0 Å². The summed E-state index contributed by atoms with van der Waals surface area (Å²) in [5.74, 6) is 0. The first-order valence-electron chi connectivity index (χ1n) is 5.01. The van der Waals surface area contributed by atoms with Gasteiger partial charge in [0.25, 0.3) is 0 Å². The summed E-state index contributed by atoms with van der Waals surface area (Å²) < 4.78 is 15.5. The van der Waals surface area contributed by atoms with Gasteiger partial charge in [-0.3, -0.25) is 0 Å². The molecular formula is C10H25O3SiV. The van der Waals surface area contributed by atoms with Crippen LogP contribution in [0.25, 0.3) is 0 Å². The summed E-state index contributed by atoms with van der Waals surface area (Å²) in [6.07, 6.45) is 0. The van der Waals surface area contributed by atoms with Gasteiger partial charge < -0.3 is 27.1 Å². The molecule has 3 nitrogen and oxygen atoms in total.